The predicted octanol–water partition coefficient (Wildman–Crippen LogP) is 3.79. The number of nitrogens with zero attached hydrogens (tertiary/aromatic N) is 1. The van der Waals surface area contributed by atoms with Crippen LogP contribution < -0.4 is 4.74 Å². The SMILES string of the molecule is CCCOC1C(Cl)CC1Oc1cnc2ccccc2c1. The minimum atomic E-state index is -0.0110. The van der Waals surface area contributed by atoms with Crippen LogP contribution in [0.4, 0.5) is 0 Å². The minimum Gasteiger partial charge on any atom is -0.486 e. The fraction of sp³-hybridized carbons (Fsp3) is 0.438. The molecule has 1 aromatic heterocycles. The molecule has 3 nitrogen and oxygen atoms in total. The van der Waals surface area contributed by atoms with Gasteiger partial charge in [0.1, 0.15) is 18.0 Å². The molecule has 106 valence electrons. The van der Waals surface area contributed by atoms with Gasteiger partial charge in [-0.1, -0.05) is 25.1 Å². The highest BCUT2D eigenvalue weighted by atomic mass is 35.5. The largest absolute Gasteiger partial charge is 0.486 e. The molecule has 0 spiro atoms. The molecule has 1 aromatic carbocycles. The van der Waals surface area contributed by atoms with E-state index in [2.05, 4.69) is 11.9 Å². The summed E-state index contributed by atoms with van der Waals surface area (Å²) in [5.74, 6) is 0.780. The standard InChI is InChI=1S/C16H18ClNO2/c1-2-7-19-16-13(17)9-15(16)20-12-8-11-5-3-4-6-14(11)18-10-12/h3-6,8,10,13,15-16H,2,7,9H2,1H3. The third-order valence-electron chi connectivity index (χ3n) is 3.55. The Hall–Kier alpha value is -1.32. The number of para-hydroxylation sites is 1. The van der Waals surface area contributed by atoms with Crippen LogP contribution in [0.2, 0.25) is 0 Å². The summed E-state index contributed by atoms with van der Waals surface area (Å²) in [6, 6.07) is 10.0. The Kier molecular flexibility index (Phi) is 4.08. The average molecular weight is 292 g/mol. The van der Waals surface area contributed by atoms with E-state index in [0.717, 1.165) is 36.1 Å². The first-order valence-electron chi connectivity index (χ1n) is 7.05. The van der Waals surface area contributed by atoms with Crippen molar-refractivity contribution in [2.75, 3.05) is 6.61 Å². The van der Waals surface area contributed by atoms with Crippen LogP contribution in [-0.4, -0.2) is 29.2 Å². The van der Waals surface area contributed by atoms with Crippen LogP contribution >= 0.6 is 11.6 Å². The third-order valence-corrected chi connectivity index (χ3v) is 3.97. The quantitative estimate of drug-likeness (QED) is 0.786. The van der Waals surface area contributed by atoms with Crippen molar-refractivity contribution in [2.24, 2.45) is 0 Å². The molecule has 0 aliphatic heterocycles. The lowest BCUT2D eigenvalue weighted by atomic mass is 9.91. The van der Waals surface area contributed by atoms with Crippen LogP contribution in [0.15, 0.2) is 36.5 Å². The first-order chi connectivity index (χ1) is 9.78. The van der Waals surface area contributed by atoms with E-state index < -0.39 is 0 Å². The summed E-state index contributed by atoms with van der Waals surface area (Å²) in [5, 5.41) is 1.14. The van der Waals surface area contributed by atoms with Crippen molar-refractivity contribution in [3.8, 4) is 5.75 Å². The van der Waals surface area contributed by atoms with Gasteiger partial charge in [-0.15, -0.1) is 11.6 Å². The molecular weight excluding hydrogens is 274 g/mol. The van der Waals surface area contributed by atoms with Crippen molar-refractivity contribution < 1.29 is 9.47 Å². The van der Waals surface area contributed by atoms with Gasteiger partial charge in [-0.25, -0.2) is 0 Å². The van der Waals surface area contributed by atoms with Gasteiger partial charge in [0.2, 0.25) is 0 Å². The number of ether oxygens (including phenoxy) is 2. The van der Waals surface area contributed by atoms with Gasteiger partial charge in [0.25, 0.3) is 0 Å². The zero-order valence-corrected chi connectivity index (χ0v) is 12.2. The van der Waals surface area contributed by atoms with Crippen molar-refractivity contribution >= 4 is 22.5 Å². The van der Waals surface area contributed by atoms with Crippen LogP contribution in [0.5, 0.6) is 5.75 Å². The fourth-order valence-electron chi connectivity index (χ4n) is 2.40. The molecule has 2 aromatic rings. The number of benzene rings is 1. The summed E-state index contributed by atoms with van der Waals surface area (Å²) in [6.45, 7) is 2.81. The normalized spacial score (nSPS) is 25.4. The zero-order chi connectivity index (χ0) is 13.9. The van der Waals surface area contributed by atoms with Gasteiger partial charge < -0.3 is 9.47 Å². The molecule has 1 fully saturated rings. The maximum absolute atomic E-state index is 6.19. The Labute approximate surface area is 123 Å². The van der Waals surface area contributed by atoms with Gasteiger partial charge >= 0.3 is 0 Å². The second-order valence-corrected chi connectivity index (χ2v) is 5.67. The fourth-order valence-corrected chi connectivity index (χ4v) is 2.81. The summed E-state index contributed by atoms with van der Waals surface area (Å²) in [7, 11) is 0. The lowest BCUT2D eigenvalue weighted by Gasteiger charge is -2.40. The Morgan fingerprint density at radius 2 is 2.20 bits per heavy atom. The van der Waals surface area contributed by atoms with Gasteiger partial charge in [-0.2, -0.15) is 0 Å². The van der Waals surface area contributed by atoms with Crippen molar-refractivity contribution in [1.82, 2.24) is 4.98 Å². The molecule has 20 heavy (non-hydrogen) atoms. The average Bonchev–Trinajstić information content (AvgIpc) is 2.47. The number of aromatic nitrogens is 1. The monoisotopic (exact) mass is 291 g/mol. The lowest BCUT2D eigenvalue weighted by molar-refractivity contribution is -0.0798. The van der Waals surface area contributed by atoms with E-state index in [1.807, 2.05) is 30.3 Å². The van der Waals surface area contributed by atoms with Gasteiger partial charge in [0.05, 0.1) is 17.1 Å². The molecule has 3 atom stereocenters. The molecule has 4 heteroatoms. The molecule has 1 aliphatic rings. The lowest BCUT2D eigenvalue weighted by Crippen LogP contribution is -2.52. The molecule has 0 N–H and O–H groups in total. The molecule has 0 radical (unpaired) electrons. The van der Waals surface area contributed by atoms with E-state index in [0.29, 0.717) is 0 Å². The highest BCUT2D eigenvalue weighted by Crippen LogP contribution is 2.33. The number of fused-ring (bicyclic) bond motifs is 1. The number of pyridine rings is 1. The second kappa shape index (κ2) is 5.98. The Morgan fingerprint density at radius 3 is 3.00 bits per heavy atom. The summed E-state index contributed by atoms with van der Waals surface area (Å²) < 4.78 is 11.7. The van der Waals surface area contributed by atoms with E-state index in [-0.39, 0.29) is 17.6 Å². The highest BCUT2D eigenvalue weighted by Gasteiger charge is 2.42. The van der Waals surface area contributed by atoms with Crippen molar-refractivity contribution in [3.05, 3.63) is 36.5 Å². The Bertz CT molecular complexity index is 589. The molecule has 1 saturated carbocycles. The smallest absolute Gasteiger partial charge is 0.138 e. The molecular formula is C16H18ClNO2. The number of alkyl halides is 1. The summed E-state index contributed by atoms with van der Waals surface area (Å²) in [6.07, 6.45) is 3.60. The maximum Gasteiger partial charge on any atom is 0.138 e. The molecule has 1 heterocycles. The minimum absolute atomic E-state index is 0.0110. The topological polar surface area (TPSA) is 31.4 Å². The number of hydrogen-bond acceptors (Lipinski definition) is 3. The molecule has 1 aliphatic carbocycles. The van der Waals surface area contributed by atoms with Crippen molar-refractivity contribution in [3.63, 3.8) is 0 Å². The zero-order valence-electron chi connectivity index (χ0n) is 11.5. The van der Waals surface area contributed by atoms with Crippen molar-refractivity contribution in [2.45, 2.75) is 37.4 Å². The molecule has 0 saturated heterocycles. The Balaban J connectivity index is 1.69. The molecule has 3 unspecified atom stereocenters. The summed E-state index contributed by atoms with van der Waals surface area (Å²) in [4.78, 5) is 4.40. The first kappa shape index (κ1) is 13.7. The van der Waals surface area contributed by atoms with Gasteiger partial charge in [-0.05, 0) is 18.6 Å². The van der Waals surface area contributed by atoms with Crippen molar-refractivity contribution in [1.29, 1.82) is 0 Å². The Morgan fingerprint density at radius 1 is 1.35 bits per heavy atom. The molecule has 0 amide bonds. The van der Waals surface area contributed by atoms with E-state index in [4.69, 9.17) is 21.1 Å². The van der Waals surface area contributed by atoms with E-state index in [1.54, 1.807) is 6.20 Å². The van der Waals surface area contributed by atoms with Crippen LogP contribution in [0, 0.1) is 0 Å². The summed E-state index contributed by atoms with van der Waals surface area (Å²) in [5.41, 5.74) is 0.975. The van der Waals surface area contributed by atoms with Crippen LogP contribution in [0.1, 0.15) is 19.8 Å². The van der Waals surface area contributed by atoms with E-state index >= 15 is 0 Å². The molecule has 3 rings (SSSR count). The van der Waals surface area contributed by atoms with Crippen LogP contribution in [0.25, 0.3) is 10.9 Å². The van der Waals surface area contributed by atoms with Crippen LogP contribution in [-0.2, 0) is 4.74 Å². The predicted molar refractivity (Wildman–Crippen MR) is 80.4 cm³/mol. The number of rotatable bonds is 5. The van der Waals surface area contributed by atoms with Gasteiger partial charge in [0.15, 0.2) is 0 Å². The number of halogens is 1. The number of hydrogen-bond donors (Lipinski definition) is 0. The maximum atomic E-state index is 6.19. The highest BCUT2D eigenvalue weighted by molar-refractivity contribution is 6.21. The first-order valence-corrected chi connectivity index (χ1v) is 7.48. The molecule has 0 bridgehead atoms. The van der Waals surface area contributed by atoms with Crippen LogP contribution in [0.3, 0.4) is 0 Å². The second-order valence-electron chi connectivity index (χ2n) is 5.11. The van der Waals surface area contributed by atoms with Gasteiger partial charge in [0, 0.05) is 18.4 Å². The van der Waals surface area contributed by atoms with E-state index in [9.17, 15) is 0 Å². The van der Waals surface area contributed by atoms with Gasteiger partial charge in [-0.3, -0.25) is 4.98 Å². The van der Waals surface area contributed by atoms with E-state index in [1.165, 1.54) is 0 Å². The summed E-state index contributed by atoms with van der Waals surface area (Å²) >= 11 is 6.19. The third kappa shape index (κ3) is 2.74.